The molecule has 0 amide bonds. The van der Waals surface area contributed by atoms with Gasteiger partial charge < -0.3 is 4.52 Å². The first-order valence-electron chi connectivity index (χ1n) is 7.94. The number of sulfonamides is 1. The summed E-state index contributed by atoms with van der Waals surface area (Å²) >= 11 is 0. The smallest absolute Gasteiger partial charge is 0.248 e. The molecule has 0 unspecified atom stereocenters. The lowest BCUT2D eigenvalue weighted by molar-refractivity contribution is 0.0961. The summed E-state index contributed by atoms with van der Waals surface area (Å²) in [6.45, 7) is 3.62. The Kier molecular flexibility index (Phi) is 4.56. The third-order valence-corrected chi connectivity index (χ3v) is 6.57. The zero-order valence-electron chi connectivity index (χ0n) is 13.7. The number of hydrogen-bond donors (Lipinski definition) is 0. The molecule has 2 heterocycles. The number of aromatic nitrogens is 1. The van der Waals surface area contributed by atoms with Crippen LogP contribution in [0.4, 0.5) is 0 Å². The molecular weight excluding hydrogens is 328 g/mol. The summed E-state index contributed by atoms with van der Waals surface area (Å²) in [6, 6.07) is 8.65. The fourth-order valence-corrected chi connectivity index (χ4v) is 5.23. The molecule has 1 saturated heterocycles. The summed E-state index contributed by atoms with van der Waals surface area (Å²) in [5.41, 5.74) is 0.964. The number of nitrogens with zero attached hydrogens (tertiary/aromatic N) is 2. The number of carbonyl (C=O) groups is 1. The molecule has 1 aliphatic rings. The largest absolute Gasteiger partial charge is 0.360 e. The van der Waals surface area contributed by atoms with Gasteiger partial charge in [-0.05, 0) is 26.7 Å². The van der Waals surface area contributed by atoms with Crippen LogP contribution in [0.3, 0.4) is 0 Å². The molecule has 128 valence electrons. The Balaban J connectivity index is 1.85. The van der Waals surface area contributed by atoms with Crippen molar-refractivity contribution in [1.29, 1.82) is 0 Å². The van der Waals surface area contributed by atoms with Gasteiger partial charge in [-0.25, -0.2) is 8.42 Å². The molecule has 7 heteroatoms. The molecule has 0 spiro atoms. The quantitative estimate of drug-likeness (QED) is 0.776. The predicted molar refractivity (Wildman–Crippen MR) is 88.3 cm³/mol. The van der Waals surface area contributed by atoms with Crippen molar-refractivity contribution in [2.75, 3.05) is 6.54 Å². The third-order valence-electron chi connectivity index (χ3n) is 4.37. The molecule has 1 fully saturated rings. The zero-order chi connectivity index (χ0) is 17.3. The maximum absolute atomic E-state index is 13.0. The predicted octanol–water partition coefficient (Wildman–Crippen LogP) is 2.72. The van der Waals surface area contributed by atoms with E-state index in [-0.39, 0.29) is 28.9 Å². The summed E-state index contributed by atoms with van der Waals surface area (Å²) in [5.74, 6) is 0.244. The number of carbonyl (C=O) groups excluding carboxylic acids is 1. The highest BCUT2D eigenvalue weighted by Gasteiger charge is 2.39. The van der Waals surface area contributed by atoms with E-state index in [1.807, 2.05) is 6.07 Å². The average molecular weight is 348 g/mol. The van der Waals surface area contributed by atoms with Crippen molar-refractivity contribution >= 4 is 15.8 Å². The molecule has 0 bridgehead atoms. The van der Waals surface area contributed by atoms with Crippen LogP contribution in [0.2, 0.25) is 0 Å². The van der Waals surface area contributed by atoms with Gasteiger partial charge in [-0.15, -0.1) is 0 Å². The maximum Gasteiger partial charge on any atom is 0.248 e. The highest BCUT2D eigenvalue weighted by atomic mass is 32.2. The van der Waals surface area contributed by atoms with Gasteiger partial charge in [0.15, 0.2) is 11.5 Å². The van der Waals surface area contributed by atoms with E-state index in [1.165, 1.54) is 4.31 Å². The summed E-state index contributed by atoms with van der Waals surface area (Å²) in [7, 11) is -3.71. The topological polar surface area (TPSA) is 80.5 Å². The fraction of sp³-hybridized carbons (Fsp3) is 0.412. The van der Waals surface area contributed by atoms with Gasteiger partial charge in [-0.3, -0.25) is 4.79 Å². The van der Waals surface area contributed by atoms with Gasteiger partial charge in [0.05, 0.1) is 0 Å². The summed E-state index contributed by atoms with van der Waals surface area (Å²) in [5, 5.41) is 3.74. The molecule has 24 heavy (non-hydrogen) atoms. The zero-order valence-corrected chi connectivity index (χ0v) is 14.5. The Morgan fingerprint density at radius 3 is 2.62 bits per heavy atom. The van der Waals surface area contributed by atoms with E-state index >= 15 is 0 Å². The van der Waals surface area contributed by atoms with Crippen LogP contribution in [-0.2, 0) is 10.0 Å². The van der Waals surface area contributed by atoms with E-state index in [4.69, 9.17) is 4.52 Å². The lowest BCUT2D eigenvalue weighted by Crippen LogP contribution is -2.37. The molecule has 1 aromatic heterocycles. The van der Waals surface area contributed by atoms with Gasteiger partial charge in [-0.1, -0.05) is 35.5 Å². The van der Waals surface area contributed by atoms with Gasteiger partial charge in [0.1, 0.15) is 10.6 Å². The first kappa shape index (κ1) is 16.9. The van der Waals surface area contributed by atoms with Crippen molar-refractivity contribution in [2.45, 2.75) is 44.0 Å². The highest BCUT2D eigenvalue weighted by Crippen LogP contribution is 2.31. The van der Waals surface area contributed by atoms with Crippen LogP contribution >= 0.6 is 0 Å². The Morgan fingerprint density at radius 2 is 2.00 bits per heavy atom. The Bertz CT molecular complexity index is 823. The highest BCUT2D eigenvalue weighted by molar-refractivity contribution is 7.89. The molecule has 2 aromatic rings. The van der Waals surface area contributed by atoms with E-state index in [1.54, 1.807) is 38.1 Å². The van der Waals surface area contributed by atoms with Crippen molar-refractivity contribution in [2.24, 2.45) is 0 Å². The lowest BCUT2D eigenvalue weighted by Gasteiger charge is -2.23. The van der Waals surface area contributed by atoms with Crippen LogP contribution in [0.15, 0.2) is 39.8 Å². The minimum Gasteiger partial charge on any atom is -0.360 e. The second kappa shape index (κ2) is 6.49. The molecule has 0 N–H and O–H groups in total. The number of ketones is 1. The number of hydrogen-bond acceptors (Lipinski definition) is 5. The van der Waals surface area contributed by atoms with Crippen molar-refractivity contribution in [3.8, 4) is 0 Å². The number of benzene rings is 1. The fourth-order valence-electron chi connectivity index (χ4n) is 3.25. The van der Waals surface area contributed by atoms with E-state index < -0.39 is 10.0 Å². The van der Waals surface area contributed by atoms with Gasteiger partial charge in [0.25, 0.3) is 0 Å². The van der Waals surface area contributed by atoms with E-state index in [9.17, 15) is 13.2 Å². The SMILES string of the molecule is Cc1noc(C)c1S(=O)(=O)N1CCC[C@H]1CC(=O)c1ccccc1. The van der Waals surface area contributed by atoms with Crippen molar-refractivity contribution in [3.05, 3.63) is 47.3 Å². The summed E-state index contributed by atoms with van der Waals surface area (Å²) in [4.78, 5) is 12.6. The van der Waals surface area contributed by atoms with Crippen LogP contribution in [0.5, 0.6) is 0 Å². The minimum absolute atomic E-state index is 0.0403. The second-order valence-electron chi connectivity index (χ2n) is 6.06. The van der Waals surface area contributed by atoms with Crippen LogP contribution in [0.25, 0.3) is 0 Å². The third kappa shape index (κ3) is 3.01. The molecule has 0 radical (unpaired) electrons. The summed E-state index contributed by atoms with van der Waals surface area (Å²) in [6.07, 6.45) is 1.61. The summed E-state index contributed by atoms with van der Waals surface area (Å²) < 4.78 is 32.4. The molecule has 1 aromatic carbocycles. The Labute approximate surface area is 141 Å². The molecule has 3 rings (SSSR count). The van der Waals surface area contributed by atoms with Crippen molar-refractivity contribution < 1.29 is 17.7 Å². The van der Waals surface area contributed by atoms with Gasteiger partial charge in [0, 0.05) is 24.6 Å². The lowest BCUT2D eigenvalue weighted by atomic mass is 10.0. The molecule has 0 saturated carbocycles. The number of rotatable bonds is 5. The van der Waals surface area contributed by atoms with Gasteiger partial charge in [0.2, 0.25) is 10.0 Å². The van der Waals surface area contributed by atoms with E-state index in [0.717, 1.165) is 6.42 Å². The van der Waals surface area contributed by atoms with Crippen molar-refractivity contribution in [3.63, 3.8) is 0 Å². The monoisotopic (exact) mass is 348 g/mol. The molecular formula is C17H20N2O4S. The van der Waals surface area contributed by atoms with Crippen molar-refractivity contribution in [1.82, 2.24) is 9.46 Å². The molecule has 1 atom stereocenters. The molecule has 0 aliphatic carbocycles. The van der Waals surface area contributed by atoms with E-state index in [0.29, 0.717) is 24.2 Å². The second-order valence-corrected chi connectivity index (χ2v) is 7.89. The van der Waals surface area contributed by atoms with Gasteiger partial charge in [-0.2, -0.15) is 4.31 Å². The average Bonchev–Trinajstić information content (AvgIpc) is 3.15. The van der Waals surface area contributed by atoms with Crippen LogP contribution in [0.1, 0.15) is 41.1 Å². The first-order chi connectivity index (χ1) is 11.4. The van der Waals surface area contributed by atoms with E-state index in [2.05, 4.69) is 5.16 Å². The minimum atomic E-state index is -3.71. The van der Waals surface area contributed by atoms with Crippen LogP contribution in [0, 0.1) is 13.8 Å². The molecule has 1 aliphatic heterocycles. The Hall–Kier alpha value is -1.99. The normalized spacial score (nSPS) is 18.8. The maximum atomic E-state index is 13.0. The first-order valence-corrected chi connectivity index (χ1v) is 9.38. The van der Waals surface area contributed by atoms with Crippen LogP contribution < -0.4 is 0 Å². The molecule has 6 nitrogen and oxygen atoms in total. The van der Waals surface area contributed by atoms with Crippen LogP contribution in [-0.4, -0.2) is 36.2 Å². The number of aryl methyl sites for hydroxylation is 2. The Morgan fingerprint density at radius 1 is 1.29 bits per heavy atom. The number of Topliss-reactive ketones (excluding diaryl/α,β-unsaturated/α-hetero) is 1. The standard InChI is InChI=1S/C17H20N2O4S/c1-12-17(13(2)23-18-12)24(21,22)19-10-6-9-15(19)11-16(20)14-7-4-3-5-8-14/h3-5,7-8,15H,6,9-11H2,1-2H3/t15-/m0/s1. The van der Waals surface area contributed by atoms with Gasteiger partial charge >= 0.3 is 0 Å².